The molecule has 0 bridgehead atoms. The lowest BCUT2D eigenvalue weighted by Crippen LogP contribution is -2.29. The molecule has 1 aromatic heterocycles. The summed E-state index contributed by atoms with van der Waals surface area (Å²) in [7, 11) is 0. The molecule has 178 valence electrons. The van der Waals surface area contributed by atoms with Gasteiger partial charge in [-0.3, -0.25) is 14.5 Å². The summed E-state index contributed by atoms with van der Waals surface area (Å²) in [6.45, 7) is 6.54. The molecule has 0 N–H and O–H groups in total. The summed E-state index contributed by atoms with van der Waals surface area (Å²) in [5, 5.41) is 1.00. The minimum atomic E-state index is -0.674. The summed E-state index contributed by atoms with van der Waals surface area (Å²) < 4.78 is 12.0. The normalized spacial score (nSPS) is 15.0. The van der Waals surface area contributed by atoms with Crippen LogP contribution in [0.5, 0.6) is 5.75 Å². The SMILES string of the molecule is CCCCOc1cccc(C2c3c(oc4ccc(C)cc4c3=O)C(=O)N2c2ccc(C)c(Cl)c2)c1. The Morgan fingerprint density at radius 2 is 1.86 bits per heavy atom. The van der Waals surface area contributed by atoms with Crippen LogP contribution >= 0.6 is 11.6 Å². The Kier molecular flexibility index (Phi) is 6.12. The van der Waals surface area contributed by atoms with E-state index < -0.39 is 6.04 Å². The molecule has 1 amide bonds. The molecule has 0 saturated heterocycles. The number of hydrogen-bond acceptors (Lipinski definition) is 4. The number of unbranched alkanes of at least 4 members (excludes halogenated alkanes) is 1. The van der Waals surface area contributed by atoms with Gasteiger partial charge in [-0.15, -0.1) is 0 Å². The van der Waals surface area contributed by atoms with E-state index in [1.807, 2.05) is 56.3 Å². The number of ether oxygens (including phenoxy) is 1. The molecule has 3 aromatic carbocycles. The molecule has 1 atom stereocenters. The van der Waals surface area contributed by atoms with E-state index in [-0.39, 0.29) is 17.1 Å². The van der Waals surface area contributed by atoms with Crippen LogP contribution in [0.15, 0.2) is 69.9 Å². The minimum Gasteiger partial charge on any atom is -0.494 e. The van der Waals surface area contributed by atoms with Crippen molar-refractivity contribution in [3.8, 4) is 5.75 Å². The zero-order valence-corrected chi connectivity index (χ0v) is 20.7. The molecule has 5 nitrogen and oxygen atoms in total. The molecule has 0 saturated carbocycles. The maximum Gasteiger partial charge on any atom is 0.295 e. The predicted molar refractivity (Wildman–Crippen MR) is 139 cm³/mol. The summed E-state index contributed by atoms with van der Waals surface area (Å²) in [6, 6.07) is 17.8. The van der Waals surface area contributed by atoms with Gasteiger partial charge in [0, 0.05) is 10.7 Å². The van der Waals surface area contributed by atoms with Gasteiger partial charge in [0.2, 0.25) is 5.76 Å². The van der Waals surface area contributed by atoms with Crippen molar-refractivity contribution in [3.63, 3.8) is 0 Å². The van der Waals surface area contributed by atoms with Crippen molar-refractivity contribution in [2.45, 2.75) is 39.7 Å². The van der Waals surface area contributed by atoms with E-state index in [2.05, 4.69) is 6.92 Å². The lowest BCUT2D eigenvalue weighted by atomic mass is 9.97. The van der Waals surface area contributed by atoms with Crippen LogP contribution in [0, 0.1) is 13.8 Å². The molecule has 0 spiro atoms. The maximum atomic E-state index is 13.8. The van der Waals surface area contributed by atoms with Gasteiger partial charge in [-0.05, 0) is 67.8 Å². The second-order valence-electron chi connectivity index (χ2n) is 8.96. The Hall–Kier alpha value is -3.57. The molecule has 35 heavy (non-hydrogen) atoms. The molecule has 0 radical (unpaired) electrons. The number of benzene rings is 3. The molecule has 4 aromatic rings. The van der Waals surface area contributed by atoms with Crippen LogP contribution in [0.2, 0.25) is 5.02 Å². The van der Waals surface area contributed by atoms with Crippen LogP contribution in [0.1, 0.15) is 58.6 Å². The van der Waals surface area contributed by atoms with Gasteiger partial charge in [-0.25, -0.2) is 0 Å². The fourth-order valence-corrected chi connectivity index (χ4v) is 4.68. The van der Waals surface area contributed by atoms with Crippen molar-refractivity contribution in [1.82, 2.24) is 0 Å². The minimum absolute atomic E-state index is 0.0605. The third kappa shape index (κ3) is 4.10. The van der Waals surface area contributed by atoms with Crippen LogP contribution in [-0.2, 0) is 0 Å². The molecule has 1 aliphatic rings. The Morgan fingerprint density at radius 3 is 2.63 bits per heavy atom. The Bertz CT molecular complexity index is 1510. The summed E-state index contributed by atoms with van der Waals surface area (Å²) in [4.78, 5) is 29.1. The van der Waals surface area contributed by atoms with Crippen molar-refractivity contribution in [1.29, 1.82) is 0 Å². The number of fused-ring (bicyclic) bond motifs is 2. The first-order valence-electron chi connectivity index (χ1n) is 11.8. The number of anilines is 1. The van der Waals surface area contributed by atoms with Crippen LogP contribution in [-0.4, -0.2) is 12.5 Å². The van der Waals surface area contributed by atoms with Gasteiger partial charge in [-0.2, -0.15) is 0 Å². The maximum absolute atomic E-state index is 13.8. The van der Waals surface area contributed by atoms with Gasteiger partial charge in [0.15, 0.2) is 5.43 Å². The van der Waals surface area contributed by atoms with E-state index >= 15 is 0 Å². The zero-order chi connectivity index (χ0) is 24.7. The van der Waals surface area contributed by atoms with Crippen molar-refractivity contribution in [3.05, 3.63) is 104 Å². The van der Waals surface area contributed by atoms with E-state index in [0.29, 0.717) is 39.6 Å². The fourth-order valence-electron chi connectivity index (χ4n) is 4.51. The number of halogens is 1. The van der Waals surface area contributed by atoms with Gasteiger partial charge >= 0.3 is 0 Å². The standard InChI is InChI=1S/C29H26ClNO4/c1-4-5-13-34-21-8-6-7-19(15-21)26-25-27(32)22-14-17(2)9-12-24(22)35-28(25)29(33)31(26)20-11-10-18(3)23(30)16-20/h6-12,14-16,26H,4-5,13H2,1-3H3. The lowest BCUT2D eigenvalue weighted by molar-refractivity contribution is 0.0971. The third-order valence-electron chi connectivity index (χ3n) is 6.40. The zero-order valence-electron chi connectivity index (χ0n) is 19.9. The first kappa shape index (κ1) is 23.2. The molecule has 0 aliphatic carbocycles. The first-order valence-corrected chi connectivity index (χ1v) is 12.2. The summed E-state index contributed by atoms with van der Waals surface area (Å²) in [6.07, 6.45) is 1.97. The highest BCUT2D eigenvalue weighted by Gasteiger charge is 2.43. The van der Waals surface area contributed by atoms with Crippen molar-refractivity contribution >= 4 is 34.2 Å². The number of aryl methyl sites for hydroxylation is 2. The molecule has 1 aliphatic heterocycles. The molecule has 2 heterocycles. The first-order chi connectivity index (χ1) is 16.9. The molecule has 0 fully saturated rings. The summed E-state index contributed by atoms with van der Waals surface area (Å²) in [5.74, 6) is 0.381. The van der Waals surface area contributed by atoms with Gasteiger partial charge in [0.25, 0.3) is 5.91 Å². The van der Waals surface area contributed by atoms with Gasteiger partial charge in [0.05, 0.1) is 23.6 Å². The van der Waals surface area contributed by atoms with Crippen molar-refractivity contribution < 1.29 is 13.9 Å². The van der Waals surface area contributed by atoms with E-state index in [9.17, 15) is 9.59 Å². The molecule has 5 rings (SSSR count). The van der Waals surface area contributed by atoms with Gasteiger partial charge in [-0.1, -0.05) is 54.8 Å². The highest BCUT2D eigenvalue weighted by atomic mass is 35.5. The number of amides is 1. The van der Waals surface area contributed by atoms with Crippen LogP contribution < -0.4 is 15.1 Å². The van der Waals surface area contributed by atoms with Crippen LogP contribution in [0.3, 0.4) is 0 Å². The third-order valence-corrected chi connectivity index (χ3v) is 6.81. The fraction of sp³-hybridized carbons (Fsp3) is 0.241. The van der Waals surface area contributed by atoms with E-state index in [1.165, 1.54) is 0 Å². The molecule has 6 heteroatoms. The lowest BCUT2D eigenvalue weighted by Gasteiger charge is -2.26. The number of carbonyl (C=O) groups excluding carboxylic acids is 1. The monoisotopic (exact) mass is 487 g/mol. The highest BCUT2D eigenvalue weighted by Crippen LogP contribution is 2.42. The van der Waals surface area contributed by atoms with Crippen LogP contribution in [0.4, 0.5) is 5.69 Å². The average Bonchev–Trinajstić information content (AvgIpc) is 3.14. The quantitative estimate of drug-likeness (QED) is 0.275. The van der Waals surface area contributed by atoms with E-state index in [0.717, 1.165) is 29.5 Å². The Labute approximate surface area is 208 Å². The number of hydrogen-bond donors (Lipinski definition) is 0. The number of rotatable bonds is 6. The Morgan fingerprint density at radius 1 is 1.03 bits per heavy atom. The van der Waals surface area contributed by atoms with Crippen molar-refractivity contribution in [2.75, 3.05) is 11.5 Å². The van der Waals surface area contributed by atoms with Gasteiger partial charge < -0.3 is 9.15 Å². The average molecular weight is 488 g/mol. The number of carbonyl (C=O) groups is 1. The number of nitrogens with zero attached hydrogens (tertiary/aromatic N) is 1. The second-order valence-corrected chi connectivity index (χ2v) is 9.37. The van der Waals surface area contributed by atoms with E-state index in [1.54, 1.807) is 23.1 Å². The summed E-state index contributed by atoms with van der Waals surface area (Å²) in [5.41, 5.74) is 3.72. The van der Waals surface area contributed by atoms with Gasteiger partial charge in [0.1, 0.15) is 11.3 Å². The smallest absolute Gasteiger partial charge is 0.295 e. The largest absolute Gasteiger partial charge is 0.494 e. The topological polar surface area (TPSA) is 59.8 Å². The van der Waals surface area contributed by atoms with Crippen LogP contribution in [0.25, 0.3) is 11.0 Å². The Balaban J connectivity index is 1.73. The second kappa shape index (κ2) is 9.23. The predicted octanol–water partition coefficient (Wildman–Crippen LogP) is 6.99. The molecule has 1 unspecified atom stereocenters. The highest BCUT2D eigenvalue weighted by molar-refractivity contribution is 6.31. The summed E-state index contributed by atoms with van der Waals surface area (Å²) >= 11 is 6.43. The molecular weight excluding hydrogens is 462 g/mol. The van der Waals surface area contributed by atoms with E-state index in [4.69, 9.17) is 20.8 Å². The van der Waals surface area contributed by atoms with Crippen molar-refractivity contribution in [2.24, 2.45) is 0 Å². The molecular formula is C29H26ClNO4.